The maximum absolute atomic E-state index is 13.8. The number of ether oxygens (including phenoxy) is 2. The van der Waals surface area contributed by atoms with E-state index in [9.17, 15) is 19.3 Å². The minimum Gasteiger partial charge on any atom is -0.468 e. The number of nitrogen functional groups attached to an aromatic ring is 1. The highest BCUT2D eigenvalue weighted by atomic mass is 31.2. The Hall–Kier alpha value is -3.29. The number of nitrogens with two attached hydrogens (primary N) is 1. The molecule has 3 heterocycles. The maximum Gasteiger partial charge on any atom is 0.459 e. The summed E-state index contributed by atoms with van der Waals surface area (Å²) in [6.45, 7) is 6.11. The van der Waals surface area contributed by atoms with Crippen LogP contribution in [0.15, 0.2) is 35.4 Å². The second-order valence-electron chi connectivity index (χ2n) is 9.87. The van der Waals surface area contributed by atoms with Crippen molar-refractivity contribution >= 4 is 30.8 Å². The van der Waals surface area contributed by atoms with Crippen molar-refractivity contribution in [3.63, 3.8) is 0 Å². The highest BCUT2D eigenvalue weighted by molar-refractivity contribution is 7.52. The number of fused-ring (bicyclic) bond motifs is 1. The van der Waals surface area contributed by atoms with E-state index in [-0.39, 0.29) is 35.9 Å². The number of nitrogens with one attached hydrogen (secondary N) is 2. The molecule has 0 aliphatic carbocycles. The first-order chi connectivity index (χ1) is 17.7. The molecule has 4 atom stereocenters. The van der Waals surface area contributed by atoms with Gasteiger partial charge in [0.15, 0.2) is 17.4 Å². The summed E-state index contributed by atoms with van der Waals surface area (Å²) < 4.78 is 37.5. The van der Waals surface area contributed by atoms with Crippen LogP contribution in [0.2, 0.25) is 0 Å². The van der Waals surface area contributed by atoms with Gasteiger partial charge in [-0.2, -0.15) is 10.1 Å². The molecule has 0 amide bonds. The average Bonchev–Trinajstić information content (AvgIpc) is 3.38. The fourth-order valence-corrected chi connectivity index (χ4v) is 5.86. The Morgan fingerprint density at radius 3 is 2.74 bits per heavy atom. The third-order valence-corrected chi connectivity index (χ3v) is 7.76. The lowest BCUT2D eigenvalue weighted by atomic mass is 10.0. The molecule has 3 unspecified atom stereocenters. The van der Waals surface area contributed by atoms with E-state index >= 15 is 0 Å². The summed E-state index contributed by atoms with van der Waals surface area (Å²) in [5.41, 5.74) is 3.41. The number of H-pyrrole nitrogens is 1. The van der Waals surface area contributed by atoms with Gasteiger partial charge in [0.1, 0.15) is 16.9 Å². The van der Waals surface area contributed by atoms with Crippen molar-refractivity contribution < 1.29 is 33.0 Å². The van der Waals surface area contributed by atoms with Crippen LogP contribution in [0.5, 0.6) is 5.75 Å². The quantitative estimate of drug-likeness (QED) is 0.223. The molecule has 4 rings (SSSR count). The molecule has 0 spiro atoms. The molecule has 2 aromatic heterocycles. The van der Waals surface area contributed by atoms with E-state index in [0.29, 0.717) is 0 Å². The molecule has 1 fully saturated rings. The van der Waals surface area contributed by atoms with E-state index in [0.717, 1.165) is 5.56 Å². The molecular formula is C23H31N6O8P. The third kappa shape index (κ3) is 5.74. The van der Waals surface area contributed by atoms with Crippen LogP contribution in [-0.4, -0.2) is 61.6 Å². The van der Waals surface area contributed by atoms with Gasteiger partial charge in [-0.15, -0.1) is 0 Å². The first kappa shape index (κ1) is 27.7. The molecule has 0 saturated carbocycles. The number of anilines is 1. The summed E-state index contributed by atoms with van der Waals surface area (Å²) in [5.74, 6) is -0.541. The maximum atomic E-state index is 13.8. The number of methoxy groups -OCH3 is 1. The van der Waals surface area contributed by atoms with Crippen LogP contribution in [0, 0.1) is 6.92 Å². The molecule has 206 valence electrons. The Kier molecular flexibility index (Phi) is 7.38. The largest absolute Gasteiger partial charge is 0.468 e. The van der Waals surface area contributed by atoms with Crippen molar-refractivity contribution in [2.75, 3.05) is 19.5 Å². The van der Waals surface area contributed by atoms with Gasteiger partial charge in [0.05, 0.1) is 26.1 Å². The summed E-state index contributed by atoms with van der Waals surface area (Å²) >= 11 is 0. The van der Waals surface area contributed by atoms with Crippen LogP contribution in [0.3, 0.4) is 0 Å². The fraction of sp³-hybridized carbons (Fsp3) is 0.478. The van der Waals surface area contributed by atoms with E-state index < -0.39 is 42.7 Å². The Labute approximate surface area is 218 Å². The van der Waals surface area contributed by atoms with Crippen molar-refractivity contribution in [3.8, 4) is 5.75 Å². The summed E-state index contributed by atoms with van der Waals surface area (Å²) in [6, 6.07) is 6.79. The molecule has 38 heavy (non-hydrogen) atoms. The number of aryl methyl sites for hydroxylation is 1. The van der Waals surface area contributed by atoms with Crippen LogP contribution in [0.25, 0.3) is 11.2 Å². The topological polar surface area (TPSA) is 193 Å². The highest BCUT2D eigenvalue weighted by Crippen LogP contribution is 2.48. The molecule has 3 aromatic rings. The predicted octanol–water partition coefficient (Wildman–Crippen LogP) is 1.79. The number of benzene rings is 1. The van der Waals surface area contributed by atoms with Gasteiger partial charge >= 0.3 is 13.7 Å². The van der Waals surface area contributed by atoms with Crippen molar-refractivity contribution in [2.45, 2.75) is 57.6 Å². The average molecular weight is 551 g/mol. The van der Waals surface area contributed by atoms with Crippen molar-refractivity contribution in [1.82, 2.24) is 24.6 Å². The van der Waals surface area contributed by atoms with Gasteiger partial charge in [0.25, 0.3) is 5.56 Å². The van der Waals surface area contributed by atoms with Gasteiger partial charge in [0, 0.05) is 6.42 Å². The van der Waals surface area contributed by atoms with Gasteiger partial charge in [-0.25, -0.2) is 9.55 Å². The Balaban J connectivity index is 1.56. The number of esters is 1. The van der Waals surface area contributed by atoms with Gasteiger partial charge < -0.3 is 24.8 Å². The van der Waals surface area contributed by atoms with Gasteiger partial charge in [-0.1, -0.05) is 17.7 Å². The molecule has 1 aliphatic rings. The first-order valence-corrected chi connectivity index (χ1v) is 13.3. The van der Waals surface area contributed by atoms with Crippen LogP contribution in [-0.2, 0) is 23.4 Å². The second-order valence-corrected chi connectivity index (χ2v) is 11.5. The van der Waals surface area contributed by atoms with Crippen LogP contribution >= 0.6 is 7.75 Å². The summed E-state index contributed by atoms with van der Waals surface area (Å²) in [7, 11) is -2.97. The van der Waals surface area contributed by atoms with E-state index in [1.54, 1.807) is 31.2 Å². The predicted molar refractivity (Wildman–Crippen MR) is 136 cm³/mol. The molecule has 1 aliphatic heterocycles. The summed E-state index contributed by atoms with van der Waals surface area (Å²) in [6.07, 6.45) is -0.377. The van der Waals surface area contributed by atoms with Crippen LogP contribution < -0.4 is 20.9 Å². The minimum atomic E-state index is -4.18. The second kappa shape index (κ2) is 10.1. The molecule has 14 nitrogen and oxygen atoms in total. The number of carbonyl (C=O) groups excluding carboxylic acids is 1. The normalized spacial score (nSPS) is 23.3. The van der Waals surface area contributed by atoms with Gasteiger partial charge in [-0.3, -0.25) is 23.7 Å². The number of aromatic nitrogens is 4. The van der Waals surface area contributed by atoms with Crippen LogP contribution in [0.4, 0.5) is 5.95 Å². The number of nitrogens with zero attached hydrogens (tertiary/aromatic N) is 3. The summed E-state index contributed by atoms with van der Waals surface area (Å²) in [4.78, 5) is 35.0. The van der Waals surface area contributed by atoms with E-state index in [4.69, 9.17) is 24.3 Å². The van der Waals surface area contributed by atoms with Gasteiger partial charge in [0.2, 0.25) is 5.95 Å². The highest BCUT2D eigenvalue weighted by Gasteiger charge is 2.47. The van der Waals surface area contributed by atoms with E-state index in [1.807, 2.05) is 6.92 Å². The zero-order valence-corrected chi connectivity index (χ0v) is 22.5. The number of hydrogen-bond acceptors (Lipinski definition) is 11. The number of aliphatic hydroxyl groups is 1. The van der Waals surface area contributed by atoms with Crippen molar-refractivity contribution in [2.24, 2.45) is 0 Å². The fourth-order valence-electron chi connectivity index (χ4n) is 4.16. The molecule has 5 N–H and O–H groups in total. The monoisotopic (exact) mass is 550 g/mol. The standard InChI is InChI=1S/C23H31N6O8P/c1-13-6-8-14(9-7-13)37-38(33,28-22(2,3)20(31)34-5)35-11-15-10-23(4,32)19(36-15)29-12-25-16-17(29)26-21(24)27-18(16)30/h6-9,12,15,19,32H,10-11H2,1-5H3,(H,28,33)(H3,24,26,27,30)/t15?,19?,23-,38?/m1/s1. The third-order valence-electron chi connectivity index (χ3n) is 5.99. The molecule has 0 bridgehead atoms. The number of imidazole rings is 1. The molecule has 0 radical (unpaired) electrons. The number of hydrogen-bond donors (Lipinski definition) is 4. The van der Waals surface area contributed by atoms with Crippen molar-refractivity contribution in [1.29, 1.82) is 0 Å². The van der Waals surface area contributed by atoms with Gasteiger partial charge in [-0.05, 0) is 39.8 Å². The number of rotatable bonds is 9. The number of aromatic amines is 1. The minimum absolute atomic E-state index is 0.0311. The van der Waals surface area contributed by atoms with E-state index in [2.05, 4.69) is 20.0 Å². The lowest BCUT2D eigenvalue weighted by Crippen LogP contribution is -2.46. The zero-order valence-electron chi connectivity index (χ0n) is 21.6. The first-order valence-electron chi connectivity index (χ1n) is 11.7. The van der Waals surface area contributed by atoms with E-state index in [1.165, 1.54) is 31.9 Å². The SMILES string of the molecule is COC(=O)C(C)(C)NP(=O)(OCC1C[C@@](C)(O)C(n2cnc3c(=O)[nH]c(N)nc32)O1)Oc1ccc(C)cc1. The van der Waals surface area contributed by atoms with Crippen molar-refractivity contribution in [3.05, 3.63) is 46.5 Å². The Bertz CT molecular complexity index is 1430. The summed E-state index contributed by atoms with van der Waals surface area (Å²) in [5, 5.41) is 13.8. The molecular weight excluding hydrogens is 519 g/mol. The molecule has 1 saturated heterocycles. The molecule has 1 aromatic carbocycles. The Morgan fingerprint density at radius 1 is 1.39 bits per heavy atom. The smallest absolute Gasteiger partial charge is 0.459 e. The Morgan fingerprint density at radius 2 is 2.08 bits per heavy atom. The van der Waals surface area contributed by atoms with Crippen LogP contribution in [0.1, 0.15) is 39.0 Å². The molecule has 15 heteroatoms. The number of carbonyl (C=O) groups is 1. The zero-order chi connectivity index (χ0) is 27.9. The lowest BCUT2D eigenvalue weighted by molar-refractivity contribution is -0.146. The lowest BCUT2D eigenvalue weighted by Gasteiger charge is -2.29.